The Balaban J connectivity index is 2.23. The second-order valence-electron chi connectivity index (χ2n) is 4.49. The first kappa shape index (κ1) is 16.1. The van der Waals surface area contributed by atoms with Crippen LogP contribution in [0, 0.1) is 5.82 Å². The standard InChI is InChI=1S/C16H15ClFNO3/c1-2-15(20)22-16-13(19)7-4-8-14(16)21-9-10-11(17)5-3-6-12(10)18/h3-8H,2,9,19H2,1H3. The number of esters is 1. The van der Waals surface area contributed by atoms with Crippen molar-refractivity contribution in [2.24, 2.45) is 0 Å². The average Bonchev–Trinajstić information content (AvgIpc) is 2.49. The molecule has 0 aromatic heterocycles. The Labute approximate surface area is 132 Å². The van der Waals surface area contributed by atoms with Gasteiger partial charge in [-0.1, -0.05) is 30.7 Å². The molecule has 0 heterocycles. The second-order valence-corrected chi connectivity index (χ2v) is 4.90. The van der Waals surface area contributed by atoms with Crippen LogP contribution in [-0.2, 0) is 11.4 Å². The van der Waals surface area contributed by atoms with Gasteiger partial charge in [-0.05, 0) is 24.3 Å². The van der Waals surface area contributed by atoms with Gasteiger partial charge >= 0.3 is 5.97 Å². The summed E-state index contributed by atoms with van der Waals surface area (Å²) in [4.78, 5) is 11.5. The Kier molecular flexibility index (Phi) is 5.22. The highest BCUT2D eigenvalue weighted by molar-refractivity contribution is 6.31. The minimum atomic E-state index is -0.469. The minimum absolute atomic E-state index is 0.106. The third-order valence-electron chi connectivity index (χ3n) is 2.95. The van der Waals surface area contributed by atoms with Gasteiger partial charge in [0.15, 0.2) is 11.5 Å². The molecular weight excluding hydrogens is 309 g/mol. The fourth-order valence-electron chi connectivity index (χ4n) is 1.76. The number of carbonyl (C=O) groups is 1. The number of rotatable bonds is 5. The van der Waals surface area contributed by atoms with Crippen molar-refractivity contribution in [3.63, 3.8) is 0 Å². The van der Waals surface area contributed by atoms with Gasteiger partial charge in [0.25, 0.3) is 0 Å². The highest BCUT2D eigenvalue weighted by Gasteiger charge is 2.14. The van der Waals surface area contributed by atoms with E-state index in [1.54, 1.807) is 31.2 Å². The number of benzene rings is 2. The van der Waals surface area contributed by atoms with E-state index in [4.69, 9.17) is 26.8 Å². The molecule has 0 saturated carbocycles. The number of anilines is 1. The highest BCUT2D eigenvalue weighted by Crippen LogP contribution is 2.34. The Morgan fingerprint density at radius 3 is 2.68 bits per heavy atom. The van der Waals surface area contributed by atoms with Gasteiger partial charge in [-0.25, -0.2) is 4.39 Å². The molecule has 2 N–H and O–H groups in total. The van der Waals surface area contributed by atoms with Crippen LogP contribution in [0.5, 0.6) is 11.5 Å². The van der Waals surface area contributed by atoms with Gasteiger partial charge in [0, 0.05) is 12.0 Å². The van der Waals surface area contributed by atoms with E-state index in [0.29, 0.717) is 0 Å². The molecule has 0 unspecified atom stereocenters. The molecule has 2 aromatic rings. The largest absolute Gasteiger partial charge is 0.485 e. The molecule has 0 radical (unpaired) electrons. The van der Waals surface area contributed by atoms with Gasteiger partial charge in [-0.15, -0.1) is 0 Å². The van der Waals surface area contributed by atoms with Crippen LogP contribution in [0.25, 0.3) is 0 Å². The van der Waals surface area contributed by atoms with Crippen molar-refractivity contribution in [2.45, 2.75) is 20.0 Å². The number of nitrogens with two attached hydrogens (primary N) is 1. The van der Waals surface area contributed by atoms with Crippen LogP contribution in [0.15, 0.2) is 36.4 Å². The van der Waals surface area contributed by atoms with E-state index < -0.39 is 11.8 Å². The molecule has 2 rings (SSSR count). The first-order valence-electron chi connectivity index (χ1n) is 6.67. The monoisotopic (exact) mass is 323 g/mol. The van der Waals surface area contributed by atoms with Crippen molar-refractivity contribution in [3.8, 4) is 11.5 Å². The first-order valence-corrected chi connectivity index (χ1v) is 7.05. The lowest BCUT2D eigenvalue weighted by atomic mass is 10.2. The molecule has 6 heteroatoms. The normalized spacial score (nSPS) is 10.3. The molecular formula is C16H15ClFNO3. The summed E-state index contributed by atoms with van der Waals surface area (Å²) in [5, 5.41) is 0.260. The van der Waals surface area contributed by atoms with Crippen LogP contribution in [-0.4, -0.2) is 5.97 Å². The number of carbonyl (C=O) groups excluding carboxylic acids is 1. The fraction of sp³-hybridized carbons (Fsp3) is 0.188. The molecule has 0 spiro atoms. The zero-order valence-corrected chi connectivity index (χ0v) is 12.7. The summed E-state index contributed by atoms with van der Waals surface area (Å²) in [6.45, 7) is 1.56. The third-order valence-corrected chi connectivity index (χ3v) is 3.30. The molecule has 0 aliphatic heterocycles. The van der Waals surface area contributed by atoms with Crippen molar-refractivity contribution in [1.29, 1.82) is 0 Å². The molecule has 2 aromatic carbocycles. The van der Waals surface area contributed by atoms with E-state index in [2.05, 4.69) is 0 Å². The summed E-state index contributed by atoms with van der Waals surface area (Å²) in [7, 11) is 0. The number of hydrogen-bond acceptors (Lipinski definition) is 4. The number of nitrogen functional groups attached to an aromatic ring is 1. The summed E-state index contributed by atoms with van der Waals surface area (Å²) >= 11 is 5.94. The molecule has 0 aliphatic carbocycles. The van der Waals surface area contributed by atoms with E-state index >= 15 is 0 Å². The predicted octanol–water partition coefficient (Wildman–Crippen LogP) is 3.96. The van der Waals surface area contributed by atoms with Crippen LogP contribution >= 0.6 is 11.6 Å². The molecule has 22 heavy (non-hydrogen) atoms. The topological polar surface area (TPSA) is 61.5 Å². The van der Waals surface area contributed by atoms with Crippen molar-refractivity contribution in [3.05, 3.63) is 52.8 Å². The molecule has 0 bridgehead atoms. The summed E-state index contributed by atoms with van der Waals surface area (Å²) in [5.41, 5.74) is 6.28. The van der Waals surface area contributed by atoms with Crippen molar-refractivity contribution >= 4 is 23.3 Å². The summed E-state index contributed by atoms with van der Waals surface area (Å²) < 4.78 is 24.4. The van der Waals surface area contributed by atoms with E-state index in [1.807, 2.05) is 0 Å². The summed E-state index contributed by atoms with van der Waals surface area (Å²) in [5.74, 6) is -0.530. The maximum atomic E-state index is 13.7. The van der Waals surface area contributed by atoms with Gasteiger partial charge in [0.1, 0.15) is 12.4 Å². The van der Waals surface area contributed by atoms with Gasteiger partial charge < -0.3 is 15.2 Å². The van der Waals surface area contributed by atoms with Crippen molar-refractivity contribution < 1.29 is 18.7 Å². The van der Waals surface area contributed by atoms with Crippen LogP contribution in [0.3, 0.4) is 0 Å². The van der Waals surface area contributed by atoms with E-state index in [0.717, 1.165) is 0 Å². The molecule has 0 saturated heterocycles. The summed E-state index contributed by atoms with van der Waals surface area (Å²) in [6, 6.07) is 9.19. The predicted molar refractivity (Wildman–Crippen MR) is 82.5 cm³/mol. The van der Waals surface area contributed by atoms with Crippen LogP contribution in [0.2, 0.25) is 5.02 Å². The number of hydrogen-bond donors (Lipinski definition) is 1. The molecule has 4 nitrogen and oxygen atoms in total. The van der Waals surface area contributed by atoms with Gasteiger partial charge in [0.05, 0.1) is 10.7 Å². The number of ether oxygens (including phenoxy) is 2. The van der Waals surface area contributed by atoms with Crippen LogP contribution in [0.1, 0.15) is 18.9 Å². The highest BCUT2D eigenvalue weighted by atomic mass is 35.5. The van der Waals surface area contributed by atoms with E-state index in [-0.39, 0.29) is 40.8 Å². The first-order chi connectivity index (χ1) is 10.5. The average molecular weight is 324 g/mol. The van der Waals surface area contributed by atoms with Gasteiger partial charge in [-0.3, -0.25) is 4.79 Å². The minimum Gasteiger partial charge on any atom is -0.485 e. The SMILES string of the molecule is CCC(=O)Oc1c(N)cccc1OCc1c(F)cccc1Cl. The van der Waals surface area contributed by atoms with Gasteiger partial charge in [0.2, 0.25) is 0 Å². The molecule has 0 atom stereocenters. The van der Waals surface area contributed by atoms with Crippen molar-refractivity contribution in [1.82, 2.24) is 0 Å². The quantitative estimate of drug-likeness (QED) is 0.514. The Bertz CT molecular complexity index is 671. The second kappa shape index (κ2) is 7.13. The summed E-state index contributed by atoms with van der Waals surface area (Å²) in [6.07, 6.45) is 0.201. The molecule has 116 valence electrons. The molecule has 0 amide bonds. The van der Waals surface area contributed by atoms with Crippen LogP contribution < -0.4 is 15.2 Å². The lowest BCUT2D eigenvalue weighted by Gasteiger charge is -2.14. The maximum absolute atomic E-state index is 13.7. The number of para-hydroxylation sites is 1. The number of halogens is 2. The maximum Gasteiger partial charge on any atom is 0.311 e. The Hall–Kier alpha value is -2.27. The Morgan fingerprint density at radius 1 is 1.27 bits per heavy atom. The molecule has 0 aliphatic rings. The molecule has 0 fully saturated rings. The lowest BCUT2D eigenvalue weighted by molar-refractivity contribution is -0.134. The zero-order valence-electron chi connectivity index (χ0n) is 11.9. The lowest BCUT2D eigenvalue weighted by Crippen LogP contribution is -2.09. The van der Waals surface area contributed by atoms with Crippen molar-refractivity contribution in [2.75, 3.05) is 5.73 Å². The van der Waals surface area contributed by atoms with E-state index in [9.17, 15) is 9.18 Å². The third kappa shape index (κ3) is 3.68. The fourth-order valence-corrected chi connectivity index (χ4v) is 1.98. The van der Waals surface area contributed by atoms with E-state index in [1.165, 1.54) is 12.1 Å². The van der Waals surface area contributed by atoms with Crippen LogP contribution in [0.4, 0.5) is 10.1 Å². The van der Waals surface area contributed by atoms with Gasteiger partial charge in [-0.2, -0.15) is 0 Å². The smallest absolute Gasteiger partial charge is 0.311 e. The Morgan fingerprint density at radius 2 is 2.00 bits per heavy atom. The zero-order chi connectivity index (χ0) is 16.1.